The number of rotatable bonds is 10. The van der Waals surface area contributed by atoms with Gasteiger partial charge in [0.05, 0.1) is 6.20 Å². The summed E-state index contributed by atoms with van der Waals surface area (Å²) in [5.74, 6) is -0.239. The molecule has 1 aliphatic heterocycles. The van der Waals surface area contributed by atoms with Crippen molar-refractivity contribution >= 4 is 11.8 Å². The maximum absolute atomic E-state index is 14.3. The van der Waals surface area contributed by atoms with Gasteiger partial charge in [0.15, 0.2) is 5.82 Å². The number of halogens is 2. The maximum atomic E-state index is 14.3. The van der Waals surface area contributed by atoms with Gasteiger partial charge in [-0.3, -0.25) is 4.90 Å². The van der Waals surface area contributed by atoms with Crippen molar-refractivity contribution in [1.82, 2.24) is 25.2 Å². The third kappa shape index (κ3) is 11.6. The van der Waals surface area contributed by atoms with Crippen LogP contribution in [0.4, 0.5) is 20.5 Å². The Kier molecular flexibility index (Phi) is 15.9. The van der Waals surface area contributed by atoms with Crippen LogP contribution in [-0.2, 0) is 6.54 Å². The number of hydrogen-bond acceptors (Lipinski definition) is 6. The summed E-state index contributed by atoms with van der Waals surface area (Å²) in [4.78, 5) is 15.0. The molecule has 0 unspecified atom stereocenters. The molecular weight excluding hydrogens is 530 g/mol. The summed E-state index contributed by atoms with van der Waals surface area (Å²) in [5, 5.41) is 6.33. The SMILES string of the molecule is CC.CC/C=C(\C)CCCCC.Cc1cc(-c2nc(Nc3ccc(CN4CCNCC4)cn3)ncc2F)cc(F)c1C. The number of aromatic nitrogens is 3. The van der Waals surface area contributed by atoms with E-state index >= 15 is 0 Å². The molecule has 0 spiro atoms. The molecular formula is C34H50F2N6. The fourth-order valence-corrected chi connectivity index (χ4v) is 4.52. The molecule has 2 aromatic heterocycles. The smallest absolute Gasteiger partial charge is 0.229 e. The average molecular weight is 581 g/mol. The third-order valence-electron chi connectivity index (χ3n) is 7.03. The fourth-order valence-electron chi connectivity index (χ4n) is 4.52. The van der Waals surface area contributed by atoms with Crippen LogP contribution in [0.1, 0.15) is 83.4 Å². The number of piperazine rings is 1. The molecule has 1 aliphatic rings. The van der Waals surface area contributed by atoms with Gasteiger partial charge < -0.3 is 10.6 Å². The lowest BCUT2D eigenvalue weighted by molar-refractivity contribution is 0.233. The highest BCUT2D eigenvalue weighted by Gasteiger charge is 2.14. The van der Waals surface area contributed by atoms with Gasteiger partial charge >= 0.3 is 0 Å². The first-order chi connectivity index (χ1) is 20.3. The summed E-state index contributed by atoms with van der Waals surface area (Å²) in [5.41, 5.74) is 4.38. The molecule has 0 aliphatic carbocycles. The normalized spacial score (nSPS) is 13.5. The zero-order chi connectivity index (χ0) is 30.9. The van der Waals surface area contributed by atoms with Crippen LogP contribution in [0.25, 0.3) is 11.3 Å². The first-order valence-electron chi connectivity index (χ1n) is 15.4. The fraction of sp³-hybridized carbons (Fsp3) is 0.500. The predicted octanol–water partition coefficient (Wildman–Crippen LogP) is 8.53. The molecule has 0 bridgehead atoms. The van der Waals surface area contributed by atoms with E-state index in [1.54, 1.807) is 25.5 Å². The van der Waals surface area contributed by atoms with Crippen LogP contribution >= 0.6 is 0 Å². The zero-order valence-corrected chi connectivity index (χ0v) is 26.7. The second kappa shape index (κ2) is 19.1. The number of allylic oxidation sites excluding steroid dienone is 2. The molecule has 0 amide bonds. The second-order valence-electron chi connectivity index (χ2n) is 10.4. The van der Waals surface area contributed by atoms with Crippen LogP contribution in [0.5, 0.6) is 0 Å². The summed E-state index contributed by atoms with van der Waals surface area (Å²) in [7, 11) is 0. The summed E-state index contributed by atoms with van der Waals surface area (Å²) in [6.07, 6.45) is 11.8. The molecule has 0 radical (unpaired) electrons. The number of aryl methyl sites for hydroxylation is 1. The molecule has 3 heterocycles. The minimum Gasteiger partial charge on any atom is -0.314 e. The lowest BCUT2D eigenvalue weighted by atomic mass is 10.0. The summed E-state index contributed by atoms with van der Waals surface area (Å²) in [6, 6.07) is 6.86. The number of unbranched alkanes of at least 4 members (excludes halogenated alkanes) is 2. The van der Waals surface area contributed by atoms with Crippen molar-refractivity contribution in [3.8, 4) is 11.3 Å². The van der Waals surface area contributed by atoms with E-state index in [4.69, 9.17) is 0 Å². The quantitative estimate of drug-likeness (QED) is 0.185. The van der Waals surface area contributed by atoms with Crippen LogP contribution < -0.4 is 10.6 Å². The first kappa shape index (κ1) is 35.0. The van der Waals surface area contributed by atoms with Crippen molar-refractivity contribution in [3.63, 3.8) is 0 Å². The molecule has 3 aromatic rings. The maximum Gasteiger partial charge on any atom is 0.229 e. The minimum absolute atomic E-state index is 0.0461. The van der Waals surface area contributed by atoms with Crippen LogP contribution in [-0.4, -0.2) is 46.0 Å². The Morgan fingerprint density at radius 1 is 1.00 bits per heavy atom. The Morgan fingerprint density at radius 3 is 2.36 bits per heavy atom. The summed E-state index contributed by atoms with van der Waals surface area (Å²) in [6.45, 7) is 19.0. The molecule has 230 valence electrons. The molecule has 8 heteroatoms. The minimum atomic E-state index is -0.609. The first-order valence-corrected chi connectivity index (χ1v) is 15.4. The van der Waals surface area contributed by atoms with Crippen molar-refractivity contribution in [2.75, 3.05) is 31.5 Å². The lowest BCUT2D eigenvalue weighted by Crippen LogP contribution is -2.42. The monoisotopic (exact) mass is 580 g/mol. The number of pyridine rings is 1. The van der Waals surface area contributed by atoms with Gasteiger partial charge in [-0.05, 0) is 74.9 Å². The number of nitrogens with one attached hydrogen (secondary N) is 2. The van der Waals surface area contributed by atoms with Gasteiger partial charge in [0.25, 0.3) is 0 Å². The van der Waals surface area contributed by atoms with E-state index in [1.165, 1.54) is 38.2 Å². The van der Waals surface area contributed by atoms with Crippen LogP contribution in [0.15, 0.2) is 48.3 Å². The molecule has 2 N–H and O–H groups in total. The van der Waals surface area contributed by atoms with Gasteiger partial charge in [-0.1, -0.05) is 58.3 Å². The molecule has 1 fully saturated rings. The van der Waals surface area contributed by atoms with E-state index in [9.17, 15) is 8.78 Å². The van der Waals surface area contributed by atoms with Crippen LogP contribution in [0.2, 0.25) is 0 Å². The van der Waals surface area contributed by atoms with E-state index in [1.807, 2.05) is 32.2 Å². The Labute approximate surface area is 252 Å². The topological polar surface area (TPSA) is 66.0 Å². The average Bonchev–Trinajstić information content (AvgIpc) is 3.00. The Hall–Kier alpha value is -3.23. The Bertz CT molecular complexity index is 1210. The van der Waals surface area contributed by atoms with Crippen LogP contribution in [0, 0.1) is 25.5 Å². The van der Waals surface area contributed by atoms with Crippen LogP contribution in [0.3, 0.4) is 0 Å². The van der Waals surface area contributed by atoms with Crippen molar-refractivity contribution in [1.29, 1.82) is 0 Å². The largest absolute Gasteiger partial charge is 0.314 e. The summed E-state index contributed by atoms with van der Waals surface area (Å²) >= 11 is 0. The van der Waals surface area contributed by atoms with Gasteiger partial charge in [-0.15, -0.1) is 0 Å². The molecule has 0 saturated carbocycles. The standard InChI is InChI=1S/C22H24F2N6.C10H20.C2H6/c1-14-9-17(10-18(23)15(14)2)21-19(24)12-27-22(29-21)28-20-4-3-16(11-26-20)13-30-7-5-25-6-8-30;1-4-6-7-9-10(3)8-5-2;1-2/h3-4,9-12,25H,5-8,13H2,1-2H3,(H,26,27,28,29);8H,4-7,9H2,1-3H3;1-2H3/b;10-8+;. The Morgan fingerprint density at radius 2 is 1.74 bits per heavy atom. The number of nitrogens with zero attached hydrogens (tertiary/aromatic N) is 4. The number of hydrogen-bond donors (Lipinski definition) is 2. The second-order valence-corrected chi connectivity index (χ2v) is 10.4. The van der Waals surface area contributed by atoms with Gasteiger partial charge in [-0.2, -0.15) is 0 Å². The molecule has 4 rings (SSSR count). The van der Waals surface area contributed by atoms with Gasteiger partial charge in [0.1, 0.15) is 17.3 Å². The van der Waals surface area contributed by atoms with E-state index in [0.29, 0.717) is 16.9 Å². The Balaban J connectivity index is 0.000000438. The van der Waals surface area contributed by atoms with E-state index in [2.05, 4.69) is 57.3 Å². The predicted molar refractivity (Wildman–Crippen MR) is 172 cm³/mol. The molecule has 42 heavy (non-hydrogen) atoms. The third-order valence-corrected chi connectivity index (χ3v) is 7.03. The number of benzene rings is 1. The van der Waals surface area contributed by atoms with Crippen molar-refractivity contribution in [2.45, 2.75) is 87.1 Å². The van der Waals surface area contributed by atoms with Gasteiger partial charge in [0, 0.05) is 44.5 Å². The van der Waals surface area contributed by atoms with Gasteiger partial charge in [-0.25, -0.2) is 23.7 Å². The van der Waals surface area contributed by atoms with Crippen molar-refractivity contribution in [2.24, 2.45) is 0 Å². The highest BCUT2D eigenvalue weighted by Crippen LogP contribution is 2.26. The molecule has 0 atom stereocenters. The van der Waals surface area contributed by atoms with E-state index < -0.39 is 5.82 Å². The summed E-state index contributed by atoms with van der Waals surface area (Å²) < 4.78 is 28.4. The molecule has 1 aromatic carbocycles. The van der Waals surface area contributed by atoms with Crippen molar-refractivity contribution < 1.29 is 8.78 Å². The lowest BCUT2D eigenvalue weighted by Gasteiger charge is -2.27. The molecule has 1 saturated heterocycles. The van der Waals surface area contributed by atoms with Gasteiger partial charge in [0.2, 0.25) is 5.95 Å². The zero-order valence-electron chi connectivity index (χ0n) is 26.7. The van der Waals surface area contributed by atoms with E-state index in [-0.39, 0.29) is 17.5 Å². The number of anilines is 2. The van der Waals surface area contributed by atoms with Crippen molar-refractivity contribution in [3.05, 3.63) is 76.6 Å². The highest BCUT2D eigenvalue weighted by atomic mass is 19.1. The highest BCUT2D eigenvalue weighted by molar-refractivity contribution is 5.63. The van der Waals surface area contributed by atoms with E-state index in [0.717, 1.165) is 50.0 Å². The molecule has 6 nitrogen and oxygen atoms in total.